The predicted molar refractivity (Wildman–Crippen MR) is 56.9 cm³/mol. The summed E-state index contributed by atoms with van der Waals surface area (Å²) in [5, 5.41) is 17.9. The number of amides is 1. The minimum atomic E-state index is -0.151. The van der Waals surface area contributed by atoms with Gasteiger partial charge in [-0.2, -0.15) is 0 Å². The topological polar surface area (TPSA) is 60.8 Å². The average Bonchev–Trinajstić information content (AvgIpc) is 2.17. The molecule has 0 aliphatic heterocycles. The first-order chi connectivity index (χ1) is 7.06. The normalized spacial score (nSPS) is 10.1. The third kappa shape index (κ3) is 2.70. The highest BCUT2D eigenvalue weighted by Gasteiger charge is 2.13. The van der Waals surface area contributed by atoms with Crippen molar-refractivity contribution in [2.45, 2.75) is 6.92 Å². The molecule has 0 saturated heterocycles. The Hall–Kier alpha value is -1.55. The summed E-state index contributed by atoms with van der Waals surface area (Å²) in [4.78, 5) is 13.2. The standard InChI is InChI=1S/C11H15NO3/c1-8-7-9(14)3-4-10(8)11(15)12(2)5-6-13/h3-4,7,13-14H,5-6H2,1-2H3. The van der Waals surface area contributed by atoms with Crippen LogP contribution >= 0.6 is 0 Å². The van der Waals surface area contributed by atoms with Crippen LogP contribution in [-0.2, 0) is 0 Å². The lowest BCUT2D eigenvalue weighted by Crippen LogP contribution is -2.29. The van der Waals surface area contributed by atoms with E-state index in [0.717, 1.165) is 5.56 Å². The Kier molecular flexibility index (Phi) is 3.68. The second kappa shape index (κ2) is 4.79. The van der Waals surface area contributed by atoms with Crippen LogP contribution in [0.2, 0.25) is 0 Å². The summed E-state index contributed by atoms with van der Waals surface area (Å²) in [6.45, 7) is 2.01. The number of hydrogen-bond acceptors (Lipinski definition) is 3. The molecule has 0 bridgehead atoms. The molecule has 0 aliphatic rings. The minimum absolute atomic E-state index is 0.0562. The fourth-order valence-electron chi connectivity index (χ4n) is 1.34. The highest BCUT2D eigenvalue weighted by molar-refractivity contribution is 5.95. The van der Waals surface area contributed by atoms with Gasteiger partial charge in [-0.3, -0.25) is 4.79 Å². The Labute approximate surface area is 88.8 Å². The molecule has 4 heteroatoms. The quantitative estimate of drug-likeness (QED) is 0.772. The second-order valence-corrected chi connectivity index (χ2v) is 3.45. The number of carbonyl (C=O) groups excluding carboxylic acids is 1. The number of aliphatic hydroxyl groups excluding tert-OH is 1. The van der Waals surface area contributed by atoms with Gasteiger partial charge in [0, 0.05) is 19.2 Å². The molecular weight excluding hydrogens is 194 g/mol. The third-order valence-corrected chi connectivity index (χ3v) is 2.22. The Morgan fingerprint density at radius 1 is 1.47 bits per heavy atom. The summed E-state index contributed by atoms with van der Waals surface area (Å²) in [6.07, 6.45) is 0. The van der Waals surface area contributed by atoms with Crippen molar-refractivity contribution >= 4 is 5.91 Å². The Morgan fingerprint density at radius 2 is 2.13 bits per heavy atom. The largest absolute Gasteiger partial charge is 0.508 e. The summed E-state index contributed by atoms with van der Waals surface area (Å²) in [7, 11) is 1.63. The van der Waals surface area contributed by atoms with E-state index in [-0.39, 0.29) is 18.3 Å². The first-order valence-electron chi connectivity index (χ1n) is 4.72. The third-order valence-electron chi connectivity index (χ3n) is 2.22. The number of aryl methyl sites for hydroxylation is 1. The lowest BCUT2D eigenvalue weighted by Gasteiger charge is -2.16. The van der Waals surface area contributed by atoms with E-state index >= 15 is 0 Å². The number of hydrogen-bond donors (Lipinski definition) is 2. The lowest BCUT2D eigenvalue weighted by atomic mass is 10.1. The fraction of sp³-hybridized carbons (Fsp3) is 0.364. The molecule has 0 saturated carbocycles. The molecule has 1 amide bonds. The van der Waals surface area contributed by atoms with E-state index in [9.17, 15) is 9.90 Å². The summed E-state index contributed by atoms with van der Waals surface area (Å²) < 4.78 is 0. The van der Waals surface area contributed by atoms with E-state index in [2.05, 4.69) is 0 Å². The van der Waals surface area contributed by atoms with Crippen molar-refractivity contribution in [3.8, 4) is 5.75 Å². The smallest absolute Gasteiger partial charge is 0.253 e. The number of aromatic hydroxyl groups is 1. The molecule has 1 rings (SSSR count). The monoisotopic (exact) mass is 209 g/mol. The molecule has 0 unspecified atom stereocenters. The van der Waals surface area contributed by atoms with Crippen molar-refractivity contribution in [1.82, 2.24) is 4.90 Å². The molecule has 15 heavy (non-hydrogen) atoms. The number of rotatable bonds is 3. The van der Waals surface area contributed by atoms with Crippen LogP contribution in [-0.4, -0.2) is 41.2 Å². The SMILES string of the molecule is Cc1cc(O)ccc1C(=O)N(C)CCO. The van der Waals surface area contributed by atoms with Gasteiger partial charge in [0.25, 0.3) is 5.91 Å². The van der Waals surface area contributed by atoms with Crippen molar-refractivity contribution in [2.24, 2.45) is 0 Å². The van der Waals surface area contributed by atoms with Crippen molar-refractivity contribution in [3.63, 3.8) is 0 Å². The zero-order valence-electron chi connectivity index (χ0n) is 8.90. The molecule has 1 aromatic carbocycles. The number of likely N-dealkylation sites (N-methyl/N-ethyl adjacent to an activating group) is 1. The van der Waals surface area contributed by atoms with Gasteiger partial charge in [0.1, 0.15) is 5.75 Å². The van der Waals surface area contributed by atoms with Crippen LogP contribution in [0.4, 0.5) is 0 Å². The van der Waals surface area contributed by atoms with Gasteiger partial charge in [-0.1, -0.05) is 0 Å². The summed E-state index contributed by atoms with van der Waals surface area (Å²) in [5.41, 5.74) is 1.27. The maximum atomic E-state index is 11.8. The van der Waals surface area contributed by atoms with Gasteiger partial charge in [-0.15, -0.1) is 0 Å². The van der Waals surface area contributed by atoms with Crippen LogP contribution in [0.25, 0.3) is 0 Å². The molecule has 0 atom stereocenters. The number of aliphatic hydroxyl groups is 1. The van der Waals surface area contributed by atoms with Gasteiger partial charge in [-0.05, 0) is 30.7 Å². The van der Waals surface area contributed by atoms with Crippen molar-refractivity contribution in [2.75, 3.05) is 20.2 Å². The zero-order chi connectivity index (χ0) is 11.4. The van der Waals surface area contributed by atoms with Crippen molar-refractivity contribution in [3.05, 3.63) is 29.3 Å². The first-order valence-corrected chi connectivity index (χ1v) is 4.72. The van der Waals surface area contributed by atoms with E-state index in [1.165, 1.54) is 11.0 Å². The highest BCUT2D eigenvalue weighted by Crippen LogP contribution is 2.16. The molecule has 2 N–H and O–H groups in total. The second-order valence-electron chi connectivity index (χ2n) is 3.45. The van der Waals surface area contributed by atoms with E-state index in [4.69, 9.17) is 5.11 Å². The summed E-state index contributed by atoms with van der Waals surface area (Å²) in [5.74, 6) is -0.00425. The number of nitrogens with zero attached hydrogens (tertiary/aromatic N) is 1. The molecule has 0 radical (unpaired) electrons. The Balaban J connectivity index is 2.91. The molecule has 0 heterocycles. The van der Waals surface area contributed by atoms with Crippen LogP contribution in [0, 0.1) is 6.92 Å². The minimum Gasteiger partial charge on any atom is -0.508 e. The van der Waals surface area contributed by atoms with E-state index in [1.807, 2.05) is 0 Å². The average molecular weight is 209 g/mol. The van der Waals surface area contributed by atoms with E-state index in [0.29, 0.717) is 12.1 Å². The van der Waals surface area contributed by atoms with Gasteiger partial charge < -0.3 is 15.1 Å². The van der Waals surface area contributed by atoms with Crippen LogP contribution in [0.1, 0.15) is 15.9 Å². The lowest BCUT2D eigenvalue weighted by molar-refractivity contribution is 0.0766. The van der Waals surface area contributed by atoms with Crippen LogP contribution in [0.3, 0.4) is 0 Å². The maximum absolute atomic E-state index is 11.8. The molecule has 82 valence electrons. The number of phenolic OH excluding ortho intramolecular Hbond substituents is 1. The zero-order valence-corrected chi connectivity index (χ0v) is 8.90. The van der Waals surface area contributed by atoms with Crippen LogP contribution in [0.15, 0.2) is 18.2 Å². The molecule has 4 nitrogen and oxygen atoms in total. The van der Waals surface area contributed by atoms with Gasteiger partial charge in [-0.25, -0.2) is 0 Å². The predicted octanol–water partition coefficient (Wildman–Crippen LogP) is 0.765. The Morgan fingerprint density at radius 3 is 2.67 bits per heavy atom. The van der Waals surface area contributed by atoms with Crippen LogP contribution in [0.5, 0.6) is 5.75 Å². The maximum Gasteiger partial charge on any atom is 0.253 e. The van der Waals surface area contributed by atoms with Crippen molar-refractivity contribution in [1.29, 1.82) is 0 Å². The number of carbonyl (C=O) groups is 1. The van der Waals surface area contributed by atoms with Gasteiger partial charge >= 0.3 is 0 Å². The Bertz CT molecular complexity index is 363. The molecular formula is C11H15NO3. The molecule has 0 spiro atoms. The molecule has 0 aliphatic carbocycles. The van der Waals surface area contributed by atoms with E-state index < -0.39 is 0 Å². The number of benzene rings is 1. The first kappa shape index (κ1) is 11.5. The highest BCUT2D eigenvalue weighted by atomic mass is 16.3. The molecule has 0 fully saturated rings. The molecule has 1 aromatic rings. The van der Waals surface area contributed by atoms with Gasteiger partial charge in [0.05, 0.1) is 6.61 Å². The molecule has 0 aromatic heterocycles. The van der Waals surface area contributed by atoms with Crippen molar-refractivity contribution < 1.29 is 15.0 Å². The summed E-state index contributed by atoms with van der Waals surface area (Å²) >= 11 is 0. The number of phenols is 1. The summed E-state index contributed by atoms with van der Waals surface area (Å²) in [6, 6.07) is 4.61. The van der Waals surface area contributed by atoms with Gasteiger partial charge in [0.15, 0.2) is 0 Å². The van der Waals surface area contributed by atoms with Crippen LogP contribution < -0.4 is 0 Å². The van der Waals surface area contributed by atoms with Gasteiger partial charge in [0.2, 0.25) is 0 Å². The fourth-order valence-corrected chi connectivity index (χ4v) is 1.34. The van der Waals surface area contributed by atoms with E-state index in [1.54, 1.807) is 26.1 Å².